The van der Waals surface area contributed by atoms with Gasteiger partial charge in [0, 0.05) is 47.5 Å². The van der Waals surface area contributed by atoms with E-state index in [1.54, 1.807) is 35.7 Å². The van der Waals surface area contributed by atoms with Crippen LogP contribution in [0.1, 0.15) is 11.5 Å². The van der Waals surface area contributed by atoms with Crippen LogP contribution in [-0.2, 0) is 14.4 Å². The molecule has 9 heteroatoms. The lowest BCUT2D eigenvalue weighted by Crippen LogP contribution is -2.21. The fraction of sp³-hybridized carbons (Fsp3) is 0.200. The fourth-order valence-corrected chi connectivity index (χ4v) is 6.12. The topological polar surface area (TPSA) is 101 Å². The first-order valence-corrected chi connectivity index (χ1v) is 16.9. The molecule has 0 bridgehead atoms. The molecule has 3 aromatic carbocycles. The number of aliphatic hydroxyl groups excluding tert-OH is 1. The maximum Gasteiger partial charge on any atom is 0.234 e. The van der Waals surface area contributed by atoms with Crippen molar-refractivity contribution >= 4 is 63.6 Å². The van der Waals surface area contributed by atoms with Gasteiger partial charge in [-0.05, 0) is 48.4 Å². The van der Waals surface area contributed by atoms with Gasteiger partial charge in [0.15, 0.2) is 12.3 Å². The van der Waals surface area contributed by atoms with Gasteiger partial charge in [-0.1, -0.05) is 42.5 Å². The van der Waals surface area contributed by atoms with Crippen molar-refractivity contribution in [1.29, 1.82) is 0 Å². The molecule has 0 aliphatic heterocycles. The molecule has 3 aromatic rings. The molecule has 5 rings (SSSR count). The average Bonchev–Trinajstić information content (AvgIpc) is 3.25. The molecule has 1 unspecified atom stereocenters. The molecule has 0 heterocycles. The first-order chi connectivity index (χ1) is 21.3. The Morgan fingerprint density at radius 1 is 0.841 bits per heavy atom. The van der Waals surface area contributed by atoms with Crippen LogP contribution < -0.4 is 10.0 Å². The first kappa shape index (κ1) is 31.1. The Kier molecular flexibility index (Phi) is 9.87. The van der Waals surface area contributed by atoms with Crippen LogP contribution in [0.25, 0.3) is 0 Å². The van der Waals surface area contributed by atoms with E-state index in [9.17, 15) is 24.6 Å². The van der Waals surface area contributed by atoms with Crippen molar-refractivity contribution in [3.05, 3.63) is 120 Å². The van der Waals surface area contributed by atoms with Crippen molar-refractivity contribution in [2.45, 2.75) is 5.92 Å². The van der Waals surface area contributed by atoms with E-state index in [-0.39, 0.29) is 16.9 Å². The standard InChI is InChI=1S/C35H32N2O5S2/c1-43-19-17-36(23-9-5-3-6-10-23)25-13-15-27(29(38)21-25)31-33(40)32(35(42)34(31)41)28-16-14-26(22-30(28)39)37(18-20-44-2)24-11-7-4-8-12-24/h3-16,21-22,31,38H,17-20H2,1-2H3/b32-28-. The van der Waals surface area contributed by atoms with Gasteiger partial charge in [0.1, 0.15) is 11.7 Å². The molecule has 1 atom stereocenters. The predicted molar refractivity (Wildman–Crippen MR) is 177 cm³/mol. The van der Waals surface area contributed by atoms with Gasteiger partial charge in [0.05, 0.1) is 17.4 Å². The molecule has 1 fully saturated rings. The normalized spacial score (nSPS) is 19.4. The number of nitrogens with zero attached hydrogens (tertiary/aromatic N) is 2. The molecule has 2 aliphatic rings. The van der Waals surface area contributed by atoms with Gasteiger partial charge in [-0.15, -0.1) is 5.75 Å². The number of thioether (sulfide) groups is 2. The minimum absolute atomic E-state index is 0.0196. The summed E-state index contributed by atoms with van der Waals surface area (Å²) in [6.45, 7) is 1.32. The van der Waals surface area contributed by atoms with Gasteiger partial charge in [0.2, 0.25) is 23.0 Å². The minimum Gasteiger partial charge on any atom is -0.872 e. The molecule has 1 saturated carbocycles. The van der Waals surface area contributed by atoms with Gasteiger partial charge < -0.3 is 15.1 Å². The van der Waals surface area contributed by atoms with Crippen molar-refractivity contribution in [3.63, 3.8) is 0 Å². The van der Waals surface area contributed by atoms with Crippen molar-refractivity contribution in [2.75, 3.05) is 42.0 Å². The van der Waals surface area contributed by atoms with E-state index in [1.807, 2.05) is 82.7 Å². The van der Waals surface area contributed by atoms with Crippen molar-refractivity contribution < 1.29 is 29.2 Å². The summed E-state index contributed by atoms with van der Waals surface area (Å²) in [6.07, 6.45) is 8.72. The van der Waals surface area contributed by atoms with Gasteiger partial charge >= 0.3 is 0 Å². The molecule has 0 saturated heterocycles. The van der Waals surface area contributed by atoms with Gasteiger partial charge in [0.25, 0.3) is 0 Å². The number of para-hydroxylation sites is 2. The quantitative estimate of drug-likeness (QED) is 0.103. The zero-order chi connectivity index (χ0) is 31.2. The highest BCUT2D eigenvalue weighted by molar-refractivity contribution is 7.98. The Labute approximate surface area is 265 Å². The number of hydrogen-bond donors (Lipinski definition) is 1. The van der Waals surface area contributed by atoms with Crippen LogP contribution in [0.2, 0.25) is 0 Å². The zero-order valence-electron chi connectivity index (χ0n) is 24.4. The van der Waals surface area contributed by atoms with E-state index >= 15 is 0 Å². The van der Waals surface area contributed by atoms with E-state index in [2.05, 4.69) is 0 Å². The molecule has 1 N–H and O–H groups in total. The van der Waals surface area contributed by atoms with Crippen LogP contribution in [-0.4, -0.2) is 69.9 Å². The maximum absolute atomic E-state index is 13.6. The van der Waals surface area contributed by atoms with Crippen LogP contribution in [0.3, 0.4) is 0 Å². The van der Waals surface area contributed by atoms with E-state index < -0.39 is 34.6 Å². The average molecular weight is 625 g/mol. The smallest absolute Gasteiger partial charge is 0.234 e. The van der Waals surface area contributed by atoms with Crippen LogP contribution in [0.15, 0.2) is 114 Å². The number of hydrogen-bond acceptors (Lipinski definition) is 8. The summed E-state index contributed by atoms with van der Waals surface area (Å²) in [5.74, 6) is -3.43. The van der Waals surface area contributed by atoms with Crippen LogP contribution >= 0.6 is 23.5 Å². The highest BCUT2D eigenvalue weighted by Gasteiger charge is 2.47. The molecule has 0 aromatic heterocycles. The number of carbonyl (C=O) groups excluding carboxylic acids is 3. The second-order valence-corrected chi connectivity index (χ2v) is 12.2. The Morgan fingerprint density at radius 2 is 1.52 bits per heavy atom. The molecule has 224 valence electrons. The summed E-state index contributed by atoms with van der Waals surface area (Å²) >= 11 is 3.37. The highest BCUT2D eigenvalue weighted by atomic mass is 32.2. The molecular formula is C35H32N2O5S2. The number of allylic oxidation sites excluding steroid dienone is 4. The lowest BCUT2D eigenvalue weighted by atomic mass is 9.92. The minimum atomic E-state index is -1.54. The molecule has 0 amide bonds. The van der Waals surface area contributed by atoms with Gasteiger partial charge in [-0.25, -0.2) is 0 Å². The van der Waals surface area contributed by atoms with E-state index in [0.717, 1.165) is 22.9 Å². The van der Waals surface area contributed by atoms with E-state index in [4.69, 9.17) is 0 Å². The van der Waals surface area contributed by atoms with Crippen LogP contribution in [0.4, 0.5) is 17.1 Å². The SMILES string of the molecule is CSCCN(c1ccccc1)c1ccc(C2C(=O)C(=O)/C(=C3/C=CC(=[N+](CCSC)c4ccccc4)C=C3O)C2=O)c([O-])c1. The van der Waals surface area contributed by atoms with Crippen LogP contribution in [0.5, 0.6) is 5.75 Å². The number of ketones is 3. The molecule has 44 heavy (non-hydrogen) atoms. The molecule has 0 radical (unpaired) electrons. The largest absolute Gasteiger partial charge is 0.872 e. The van der Waals surface area contributed by atoms with Crippen molar-refractivity contribution in [3.8, 4) is 5.75 Å². The monoisotopic (exact) mass is 624 g/mol. The number of anilines is 2. The second-order valence-electron chi connectivity index (χ2n) is 10.2. The van der Waals surface area contributed by atoms with E-state index in [1.165, 1.54) is 24.3 Å². The highest BCUT2D eigenvalue weighted by Crippen LogP contribution is 2.39. The zero-order valence-corrected chi connectivity index (χ0v) is 26.1. The van der Waals surface area contributed by atoms with Crippen LogP contribution in [0, 0.1) is 0 Å². The third-order valence-corrected chi connectivity index (χ3v) is 8.76. The summed E-state index contributed by atoms with van der Waals surface area (Å²) < 4.78 is 2.03. The molecule has 7 nitrogen and oxygen atoms in total. The van der Waals surface area contributed by atoms with Gasteiger partial charge in [-0.3, -0.25) is 14.4 Å². The Hall–Kier alpha value is -4.34. The second kappa shape index (κ2) is 14.0. The van der Waals surface area contributed by atoms with Crippen molar-refractivity contribution in [1.82, 2.24) is 0 Å². The number of aliphatic hydroxyl groups is 1. The number of Topliss-reactive ketones (excluding diaryl/α,β-unsaturated/α-hetero) is 3. The summed E-state index contributed by atoms with van der Waals surface area (Å²) in [5, 5.41) is 24.4. The lowest BCUT2D eigenvalue weighted by molar-refractivity contribution is -0.433. The summed E-state index contributed by atoms with van der Waals surface area (Å²) in [5.41, 5.74) is 2.68. The Bertz CT molecular complexity index is 1710. The third-order valence-electron chi connectivity index (χ3n) is 7.58. The molecular weight excluding hydrogens is 593 g/mol. The predicted octanol–water partition coefficient (Wildman–Crippen LogP) is 5.52. The van der Waals surface area contributed by atoms with Gasteiger partial charge in [-0.2, -0.15) is 28.1 Å². The Morgan fingerprint density at radius 3 is 2.16 bits per heavy atom. The molecule has 0 spiro atoms. The third kappa shape index (κ3) is 6.30. The number of rotatable bonds is 10. The summed E-state index contributed by atoms with van der Waals surface area (Å²) in [4.78, 5) is 42.0. The molecule has 2 aliphatic carbocycles. The van der Waals surface area contributed by atoms with Crippen molar-refractivity contribution in [2.24, 2.45) is 0 Å². The summed E-state index contributed by atoms with van der Waals surface area (Å²) in [6, 6.07) is 23.9. The number of benzene rings is 3. The maximum atomic E-state index is 13.6. The number of carbonyl (C=O) groups is 3. The lowest BCUT2D eigenvalue weighted by Gasteiger charge is -2.27. The first-order valence-electron chi connectivity index (χ1n) is 14.1. The fourth-order valence-electron chi connectivity index (χ4n) is 5.39. The van der Waals surface area contributed by atoms with E-state index in [0.29, 0.717) is 24.5 Å². The summed E-state index contributed by atoms with van der Waals surface area (Å²) in [7, 11) is 0. The Balaban J connectivity index is 1.48.